The summed E-state index contributed by atoms with van der Waals surface area (Å²) < 4.78 is 5.81. The number of aryl methyl sites for hydroxylation is 2. The molecule has 0 radical (unpaired) electrons. The van der Waals surface area contributed by atoms with Gasteiger partial charge in [-0.3, -0.25) is 0 Å². The lowest BCUT2D eigenvalue weighted by atomic mass is 10.2. The highest BCUT2D eigenvalue weighted by atomic mass is 16.5. The second-order valence-electron chi connectivity index (χ2n) is 4.34. The third kappa shape index (κ3) is 2.48. The molecule has 3 heteroatoms. The van der Waals surface area contributed by atoms with E-state index in [2.05, 4.69) is 30.2 Å². The Balaban J connectivity index is 2.02. The summed E-state index contributed by atoms with van der Waals surface area (Å²) >= 11 is 0. The highest BCUT2D eigenvalue weighted by Crippen LogP contribution is 2.16. The average Bonchev–Trinajstić information content (AvgIpc) is 2.58. The van der Waals surface area contributed by atoms with Crippen LogP contribution in [0, 0.1) is 13.8 Å². The minimum Gasteiger partial charge on any atom is -0.473 e. The van der Waals surface area contributed by atoms with E-state index in [0.717, 1.165) is 24.5 Å². The van der Waals surface area contributed by atoms with E-state index in [1.807, 2.05) is 13.0 Å². The molecule has 1 aromatic heterocycles. The molecule has 0 spiro atoms. The molecule has 15 heavy (non-hydrogen) atoms. The van der Waals surface area contributed by atoms with Crippen LogP contribution in [0.3, 0.4) is 0 Å². The van der Waals surface area contributed by atoms with Crippen LogP contribution in [0.5, 0.6) is 5.88 Å². The van der Waals surface area contributed by atoms with E-state index < -0.39 is 0 Å². The van der Waals surface area contributed by atoms with Crippen molar-refractivity contribution in [2.75, 3.05) is 6.54 Å². The number of ether oxygens (including phenoxy) is 1. The molecule has 0 saturated carbocycles. The number of hydrogen-bond donors (Lipinski definition) is 1. The lowest BCUT2D eigenvalue weighted by Crippen LogP contribution is -2.21. The zero-order valence-electron chi connectivity index (χ0n) is 9.58. The van der Waals surface area contributed by atoms with Gasteiger partial charge in [-0.15, -0.1) is 0 Å². The fourth-order valence-corrected chi connectivity index (χ4v) is 1.83. The van der Waals surface area contributed by atoms with Gasteiger partial charge < -0.3 is 10.1 Å². The van der Waals surface area contributed by atoms with Crippen LogP contribution in [0.1, 0.15) is 24.6 Å². The van der Waals surface area contributed by atoms with Crippen LogP contribution in [0.15, 0.2) is 12.1 Å². The van der Waals surface area contributed by atoms with Gasteiger partial charge in [0.05, 0.1) is 0 Å². The molecule has 0 bridgehead atoms. The summed E-state index contributed by atoms with van der Waals surface area (Å²) in [6, 6.07) is 4.57. The number of pyridine rings is 1. The van der Waals surface area contributed by atoms with Crippen LogP contribution in [-0.4, -0.2) is 23.7 Å². The van der Waals surface area contributed by atoms with Gasteiger partial charge in [0.15, 0.2) is 0 Å². The van der Waals surface area contributed by atoms with Crippen LogP contribution in [-0.2, 0) is 0 Å². The Morgan fingerprint density at radius 2 is 2.20 bits per heavy atom. The zero-order chi connectivity index (χ0) is 10.8. The highest BCUT2D eigenvalue weighted by Gasteiger charge is 2.22. The summed E-state index contributed by atoms with van der Waals surface area (Å²) in [5, 5.41) is 3.36. The summed E-state index contributed by atoms with van der Waals surface area (Å²) in [6.07, 6.45) is 1.34. The van der Waals surface area contributed by atoms with Gasteiger partial charge in [-0.2, -0.15) is 0 Å². The van der Waals surface area contributed by atoms with Crippen LogP contribution < -0.4 is 10.1 Å². The zero-order valence-corrected chi connectivity index (χ0v) is 9.58. The van der Waals surface area contributed by atoms with E-state index in [9.17, 15) is 0 Å². The minimum atomic E-state index is 0.273. The molecular formula is C12H18N2O. The van der Waals surface area contributed by atoms with Gasteiger partial charge in [-0.1, -0.05) is 6.07 Å². The smallest absolute Gasteiger partial charge is 0.213 e. The van der Waals surface area contributed by atoms with Crippen molar-refractivity contribution in [1.29, 1.82) is 0 Å². The third-order valence-corrected chi connectivity index (χ3v) is 2.92. The van der Waals surface area contributed by atoms with Gasteiger partial charge >= 0.3 is 0 Å². The van der Waals surface area contributed by atoms with Crippen molar-refractivity contribution in [2.24, 2.45) is 0 Å². The molecule has 1 N–H and O–H groups in total. The van der Waals surface area contributed by atoms with E-state index in [0.29, 0.717) is 6.04 Å². The quantitative estimate of drug-likeness (QED) is 0.801. The Kier molecular flexibility index (Phi) is 2.91. The molecule has 0 amide bonds. The lowest BCUT2D eigenvalue weighted by Gasteiger charge is -2.12. The van der Waals surface area contributed by atoms with Crippen molar-refractivity contribution >= 4 is 0 Å². The van der Waals surface area contributed by atoms with Crippen molar-refractivity contribution in [3.8, 4) is 5.88 Å². The molecule has 3 nitrogen and oxygen atoms in total. The predicted molar refractivity (Wildman–Crippen MR) is 60.2 cm³/mol. The second kappa shape index (κ2) is 4.19. The van der Waals surface area contributed by atoms with Crippen molar-refractivity contribution in [2.45, 2.75) is 39.3 Å². The maximum absolute atomic E-state index is 5.81. The van der Waals surface area contributed by atoms with Gasteiger partial charge in [0.1, 0.15) is 6.10 Å². The summed E-state index contributed by atoms with van der Waals surface area (Å²) in [7, 11) is 0. The van der Waals surface area contributed by atoms with E-state index in [4.69, 9.17) is 4.74 Å². The lowest BCUT2D eigenvalue weighted by molar-refractivity contribution is 0.211. The number of nitrogens with one attached hydrogen (secondary N) is 1. The normalized spacial score (nSPS) is 25.5. The van der Waals surface area contributed by atoms with E-state index >= 15 is 0 Å². The molecule has 0 aromatic carbocycles. The minimum absolute atomic E-state index is 0.273. The molecule has 1 aliphatic heterocycles. The molecule has 1 saturated heterocycles. The van der Waals surface area contributed by atoms with Gasteiger partial charge in [0.2, 0.25) is 5.88 Å². The molecular weight excluding hydrogens is 188 g/mol. The Labute approximate surface area is 90.9 Å². The van der Waals surface area contributed by atoms with Crippen molar-refractivity contribution < 1.29 is 4.74 Å². The highest BCUT2D eigenvalue weighted by molar-refractivity contribution is 5.23. The fourth-order valence-electron chi connectivity index (χ4n) is 1.83. The molecule has 2 rings (SSSR count). The third-order valence-electron chi connectivity index (χ3n) is 2.92. The predicted octanol–water partition coefficient (Wildman–Crippen LogP) is 1.83. The molecule has 1 aliphatic rings. The van der Waals surface area contributed by atoms with Gasteiger partial charge in [-0.05, 0) is 26.3 Å². The second-order valence-corrected chi connectivity index (χ2v) is 4.34. The van der Waals surface area contributed by atoms with E-state index in [1.165, 1.54) is 5.56 Å². The van der Waals surface area contributed by atoms with Crippen molar-refractivity contribution in [3.05, 3.63) is 23.4 Å². The largest absolute Gasteiger partial charge is 0.473 e. The van der Waals surface area contributed by atoms with E-state index in [-0.39, 0.29) is 6.10 Å². The summed E-state index contributed by atoms with van der Waals surface area (Å²) in [5.74, 6) is 0.749. The molecule has 1 fully saturated rings. The standard InChI is InChI=1S/C12H18N2O/c1-8-4-5-12(14-10(8)3)15-11-6-9(2)13-7-11/h4-5,9,11,13H,6-7H2,1-3H3/t9-,11+/m0/s1. The fraction of sp³-hybridized carbons (Fsp3) is 0.583. The number of hydrogen-bond acceptors (Lipinski definition) is 3. The first-order valence-electron chi connectivity index (χ1n) is 5.49. The van der Waals surface area contributed by atoms with Crippen molar-refractivity contribution in [1.82, 2.24) is 10.3 Å². The average molecular weight is 206 g/mol. The van der Waals surface area contributed by atoms with Crippen LogP contribution >= 0.6 is 0 Å². The Hall–Kier alpha value is -1.09. The first-order chi connectivity index (χ1) is 7.15. The monoisotopic (exact) mass is 206 g/mol. The van der Waals surface area contributed by atoms with Crippen LogP contribution in [0.25, 0.3) is 0 Å². The first kappa shape index (κ1) is 10.4. The summed E-state index contributed by atoms with van der Waals surface area (Å²) in [6.45, 7) is 7.18. The van der Waals surface area contributed by atoms with Crippen molar-refractivity contribution in [3.63, 3.8) is 0 Å². The topological polar surface area (TPSA) is 34.1 Å². The number of aromatic nitrogens is 1. The van der Waals surface area contributed by atoms with Gasteiger partial charge in [-0.25, -0.2) is 4.98 Å². The number of rotatable bonds is 2. The first-order valence-corrected chi connectivity index (χ1v) is 5.49. The molecule has 1 aromatic rings. The van der Waals surface area contributed by atoms with Crippen LogP contribution in [0.2, 0.25) is 0 Å². The molecule has 2 atom stereocenters. The van der Waals surface area contributed by atoms with Gasteiger partial charge in [0, 0.05) is 30.8 Å². The molecule has 0 aliphatic carbocycles. The SMILES string of the molecule is Cc1ccc(O[C@H]2CN[C@@H](C)C2)nc1C. The van der Waals surface area contributed by atoms with E-state index in [1.54, 1.807) is 0 Å². The number of nitrogens with zero attached hydrogens (tertiary/aromatic N) is 1. The Morgan fingerprint density at radius 1 is 1.40 bits per heavy atom. The summed E-state index contributed by atoms with van der Waals surface area (Å²) in [4.78, 5) is 4.41. The summed E-state index contributed by atoms with van der Waals surface area (Å²) in [5.41, 5.74) is 2.26. The Bertz CT molecular complexity index is 351. The molecule has 2 heterocycles. The Morgan fingerprint density at radius 3 is 2.80 bits per heavy atom. The molecule has 82 valence electrons. The van der Waals surface area contributed by atoms with Crippen LogP contribution in [0.4, 0.5) is 0 Å². The van der Waals surface area contributed by atoms with Gasteiger partial charge in [0.25, 0.3) is 0 Å². The maximum Gasteiger partial charge on any atom is 0.213 e. The maximum atomic E-state index is 5.81. The molecule has 0 unspecified atom stereocenters.